The summed E-state index contributed by atoms with van der Waals surface area (Å²) < 4.78 is 5.69. The fraction of sp³-hybridized carbons (Fsp3) is 0.600. The predicted molar refractivity (Wildman–Crippen MR) is 77.3 cm³/mol. The van der Waals surface area contributed by atoms with Gasteiger partial charge < -0.3 is 15.4 Å². The molecule has 18 heavy (non-hydrogen) atoms. The summed E-state index contributed by atoms with van der Waals surface area (Å²) in [7, 11) is 2.17. The number of nitrogen functional groups attached to an aromatic ring is 1. The van der Waals surface area contributed by atoms with Crippen LogP contribution in [0.4, 0.5) is 11.4 Å². The highest BCUT2D eigenvalue weighted by Crippen LogP contribution is 2.31. The topological polar surface area (TPSA) is 38.5 Å². The molecule has 2 rings (SSSR count). The van der Waals surface area contributed by atoms with Crippen LogP contribution in [0.2, 0.25) is 0 Å². The summed E-state index contributed by atoms with van der Waals surface area (Å²) in [5.41, 5.74) is 7.88. The first-order valence-corrected chi connectivity index (χ1v) is 6.97. The van der Waals surface area contributed by atoms with E-state index < -0.39 is 0 Å². The minimum atomic E-state index is 0.674. The lowest BCUT2D eigenvalue weighted by atomic mass is 10.2. The Morgan fingerprint density at radius 2 is 2.06 bits per heavy atom. The Balaban J connectivity index is 2.12. The van der Waals surface area contributed by atoms with Crippen LogP contribution in [0.15, 0.2) is 18.2 Å². The van der Waals surface area contributed by atoms with Gasteiger partial charge in [-0.2, -0.15) is 0 Å². The van der Waals surface area contributed by atoms with Crippen molar-refractivity contribution in [2.24, 2.45) is 0 Å². The van der Waals surface area contributed by atoms with Crippen molar-refractivity contribution < 1.29 is 4.74 Å². The second-order valence-electron chi connectivity index (χ2n) is 5.12. The maximum Gasteiger partial charge on any atom is 0.144 e. The van der Waals surface area contributed by atoms with Crippen molar-refractivity contribution in [3.05, 3.63) is 18.2 Å². The summed E-state index contributed by atoms with van der Waals surface area (Å²) in [4.78, 5) is 2.37. The van der Waals surface area contributed by atoms with Gasteiger partial charge in [0.05, 0.1) is 12.3 Å². The monoisotopic (exact) mass is 248 g/mol. The van der Waals surface area contributed by atoms with Gasteiger partial charge in [0.2, 0.25) is 0 Å². The Hall–Kier alpha value is -1.38. The quantitative estimate of drug-likeness (QED) is 0.811. The van der Waals surface area contributed by atoms with Crippen LogP contribution in [-0.2, 0) is 0 Å². The minimum Gasteiger partial charge on any atom is -0.491 e. The Bertz CT molecular complexity index is 386. The highest BCUT2D eigenvalue weighted by atomic mass is 16.5. The molecule has 1 saturated carbocycles. The van der Waals surface area contributed by atoms with Crippen LogP contribution >= 0.6 is 0 Å². The summed E-state index contributed by atoms with van der Waals surface area (Å²) >= 11 is 0. The summed E-state index contributed by atoms with van der Waals surface area (Å²) in [6.45, 7) is 2.82. The maximum absolute atomic E-state index is 5.94. The van der Waals surface area contributed by atoms with Crippen LogP contribution in [0.3, 0.4) is 0 Å². The molecule has 0 aliphatic heterocycles. The molecule has 1 aliphatic carbocycles. The summed E-state index contributed by atoms with van der Waals surface area (Å²) in [6, 6.07) is 6.79. The summed E-state index contributed by atoms with van der Waals surface area (Å²) in [6.07, 6.45) is 6.30. The highest BCUT2D eigenvalue weighted by molar-refractivity contribution is 5.62. The van der Waals surface area contributed by atoms with Gasteiger partial charge in [-0.25, -0.2) is 0 Å². The number of benzene rings is 1. The van der Waals surface area contributed by atoms with Gasteiger partial charge >= 0.3 is 0 Å². The van der Waals surface area contributed by atoms with Gasteiger partial charge in [0.1, 0.15) is 5.75 Å². The van der Waals surface area contributed by atoms with Gasteiger partial charge in [-0.3, -0.25) is 0 Å². The van der Waals surface area contributed by atoms with Gasteiger partial charge in [0.25, 0.3) is 0 Å². The van der Waals surface area contributed by atoms with E-state index in [2.05, 4.69) is 31.0 Å². The van der Waals surface area contributed by atoms with Gasteiger partial charge in [-0.05, 0) is 31.4 Å². The molecular weight excluding hydrogens is 224 g/mol. The normalized spacial score (nSPS) is 15.9. The van der Waals surface area contributed by atoms with Crippen molar-refractivity contribution in [2.75, 3.05) is 24.3 Å². The standard InChI is InChI=1S/C15H24N2O/c1-3-10-18-15-11-13(8-9-14(15)16)17(2)12-6-4-5-7-12/h8-9,11-12H,3-7,10,16H2,1-2H3. The van der Waals surface area contributed by atoms with Crippen molar-refractivity contribution in [1.29, 1.82) is 0 Å². The third kappa shape index (κ3) is 2.89. The fourth-order valence-electron chi connectivity index (χ4n) is 2.58. The van der Waals surface area contributed by atoms with Crippen LogP contribution in [0, 0.1) is 0 Å². The van der Waals surface area contributed by atoms with E-state index in [0.717, 1.165) is 24.5 Å². The lowest BCUT2D eigenvalue weighted by Crippen LogP contribution is -2.28. The summed E-state index contributed by atoms with van der Waals surface area (Å²) in [5.74, 6) is 0.819. The Labute approximate surface area is 110 Å². The molecule has 1 fully saturated rings. The van der Waals surface area contributed by atoms with Crippen LogP contribution < -0.4 is 15.4 Å². The molecule has 0 saturated heterocycles. The molecule has 1 aliphatic rings. The summed E-state index contributed by atoms with van der Waals surface area (Å²) in [5, 5.41) is 0. The van der Waals surface area contributed by atoms with E-state index >= 15 is 0 Å². The average Bonchev–Trinajstić information content (AvgIpc) is 2.91. The van der Waals surface area contributed by atoms with Crippen molar-refractivity contribution in [1.82, 2.24) is 0 Å². The third-order valence-electron chi connectivity index (χ3n) is 3.74. The number of nitrogens with zero attached hydrogens (tertiary/aromatic N) is 1. The zero-order valence-corrected chi connectivity index (χ0v) is 11.5. The van der Waals surface area contributed by atoms with Crippen LogP contribution in [-0.4, -0.2) is 19.7 Å². The number of rotatable bonds is 5. The molecular formula is C15H24N2O. The Kier molecular flexibility index (Phi) is 4.34. The lowest BCUT2D eigenvalue weighted by Gasteiger charge is -2.27. The minimum absolute atomic E-state index is 0.674. The van der Waals surface area contributed by atoms with E-state index in [1.54, 1.807) is 0 Å². The van der Waals surface area contributed by atoms with Crippen LogP contribution in [0.1, 0.15) is 39.0 Å². The van der Waals surface area contributed by atoms with Gasteiger partial charge in [0.15, 0.2) is 0 Å². The highest BCUT2D eigenvalue weighted by Gasteiger charge is 2.20. The van der Waals surface area contributed by atoms with Crippen LogP contribution in [0.5, 0.6) is 5.75 Å². The molecule has 100 valence electrons. The van der Waals surface area contributed by atoms with Gasteiger partial charge in [-0.1, -0.05) is 19.8 Å². The van der Waals surface area contributed by atoms with Crippen molar-refractivity contribution in [3.8, 4) is 5.75 Å². The largest absolute Gasteiger partial charge is 0.491 e. The Morgan fingerprint density at radius 1 is 1.33 bits per heavy atom. The molecule has 0 radical (unpaired) electrons. The molecule has 0 heterocycles. The molecule has 0 spiro atoms. The second-order valence-corrected chi connectivity index (χ2v) is 5.12. The van der Waals surface area contributed by atoms with Gasteiger partial charge in [-0.15, -0.1) is 0 Å². The van der Waals surface area contributed by atoms with Crippen molar-refractivity contribution in [2.45, 2.75) is 45.1 Å². The first-order chi connectivity index (χ1) is 8.72. The molecule has 3 heteroatoms. The zero-order chi connectivity index (χ0) is 13.0. The van der Waals surface area contributed by atoms with Gasteiger partial charge in [0, 0.05) is 24.8 Å². The molecule has 0 amide bonds. The average molecular weight is 248 g/mol. The first-order valence-electron chi connectivity index (χ1n) is 6.97. The molecule has 0 atom stereocenters. The van der Waals surface area contributed by atoms with E-state index in [-0.39, 0.29) is 0 Å². The van der Waals surface area contributed by atoms with Crippen molar-refractivity contribution >= 4 is 11.4 Å². The maximum atomic E-state index is 5.94. The molecule has 0 unspecified atom stereocenters. The molecule has 3 nitrogen and oxygen atoms in total. The zero-order valence-electron chi connectivity index (χ0n) is 11.5. The van der Waals surface area contributed by atoms with E-state index in [1.807, 2.05) is 6.07 Å². The molecule has 1 aromatic carbocycles. The molecule has 0 bridgehead atoms. The molecule has 2 N–H and O–H groups in total. The van der Waals surface area contributed by atoms with E-state index in [0.29, 0.717) is 6.04 Å². The molecule has 1 aromatic rings. The number of anilines is 2. The molecule has 0 aromatic heterocycles. The smallest absolute Gasteiger partial charge is 0.144 e. The predicted octanol–water partition coefficient (Wildman–Crippen LogP) is 3.44. The van der Waals surface area contributed by atoms with Crippen LogP contribution in [0.25, 0.3) is 0 Å². The van der Waals surface area contributed by atoms with E-state index in [4.69, 9.17) is 10.5 Å². The SMILES string of the molecule is CCCOc1cc(N(C)C2CCCC2)ccc1N. The number of nitrogens with two attached hydrogens (primary N) is 1. The number of ether oxygens (including phenoxy) is 1. The van der Waals surface area contributed by atoms with Crippen molar-refractivity contribution in [3.63, 3.8) is 0 Å². The third-order valence-corrected chi connectivity index (χ3v) is 3.74. The fourth-order valence-corrected chi connectivity index (χ4v) is 2.58. The first kappa shape index (κ1) is 13.1. The Morgan fingerprint density at radius 3 is 2.72 bits per heavy atom. The van der Waals surface area contributed by atoms with E-state index in [9.17, 15) is 0 Å². The number of hydrogen-bond donors (Lipinski definition) is 1. The lowest BCUT2D eigenvalue weighted by molar-refractivity contribution is 0.319. The number of hydrogen-bond acceptors (Lipinski definition) is 3. The van der Waals surface area contributed by atoms with E-state index in [1.165, 1.54) is 31.4 Å². The second kappa shape index (κ2) is 5.98.